The molecular formula is C22H21N3O2. The first-order chi connectivity index (χ1) is 13.2. The van der Waals surface area contributed by atoms with Gasteiger partial charge in [-0.05, 0) is 47.9 Å². The second-order valence-corrected chi connectivity index (χ2v) is 6.46. The molecule has 0 fully saturated rings. The summed E-state index contributed by atoms with van der Waals surface area (Å²) in [6, 6.07) is 19.7. The van der Waals surface area contributed by atoms with Crippen molar-refractivity contribution in [3.05, 3.63) is 83.7 Å². The number of para-hydroxylation sites is 1. The van der Waals surface area contributed by atoms with Crippen molar-refractivity contribution in [2.75, 3.05) is 18.6 Å². The fourth-order valence-electron chi connectivity index (χ4n) is 3.30. The normalized spacial score (nSPS) is 12.6. The molecule has 136 valence electrons. The maximum absolute atomic E-state index is 12.4. The van der Waals surface area contributed by atoms with Crippen LogP contribution in [0.4, 0.5) is 11.4 Å². The number of fused-ring (bicyclic) bond motifs is 1. The number of methoxy groups -OCH3 is 1. The van der Waals surface area contributed by atoms with Gasteiger partial charge in [0.1, 0.15) is 11.4 Å². The summed E-state index contributed by atoms with van der Waals surface area (Å²) >= 11 is 0. The van der Waals surface area contributed by atoms with Gasteiger partial charge in [-0.25, -0.2) is 4.98 Å². The van der Waals surface area contributed by atoms with Crippen molar-refractivity contribution < 1.29 is 9.53 Å². The summed E-state index contributed by atoms with van der Waals surface area (Å²) in [7, 11) is 1.63. The Morgan fingerprint density at radius 2 is 1.93 bits per heavy atom. The molecular weight excluding hydrogens is 338 g/mol. The topological polar surface area (TPSA) is 54.5 Å². The van der Waals surface area contributed by atoms with Crippen LogP contribution in [0.15, 0.2) is 66.9 Å². The summed E-state index contributed by atoms with van der Waals surface area (Å²) in [5.74, 6) is 0.616. The second-order valence-electron chi connectivity index (χ2n) is 6.46. The third-order valence-corrected chi connectivity index (χ3v) is 4.79. The third-order valence-electron chi connectivity index (χ3n) is 4.79. The van der Waals surface area contributed by atoms with E-state index in [1.807, 2.05) is 36.4 Å². The van der Waals surface area contributed by atoms with E-state index >= 15 is 0 Å². The molecule has 4 rings (SSSR count). The monoisotopic (exact) mass is 359 g/mol. The minimum Gasteiger partial charge on any atom is -0.497 e. The van der Waals surface area contributed by atoms with E-state index in [9.17, 15) is 4.79 Å². The van der Waals surface area contributed by atoms with E-state index in [1.165, 1.54) is 11.3 Å². The molecule has 2 aromatic carbocycles. The molecule has 0 spiro atoms. The molecule has 5 heteroatoms. The third kappa shape index (κ3) is 3.62. The Hall–Kier alpha value is -3.34. The van der Waals surface area contributed by atoms with Gasteiger partial charge in [-0.3, -0.25) is 4.79 Å². The number of hydrogen-bond acceptors (Lipinski definition) is 4. The molecule has 0 radical (unpaired) electrons. The number of rotatable bonds is 5. The molecule has 1 amide bonds. The van der Waals surface area contributed by atoms with Gasteiger partial charge < -0.3 is 15.0 Å². The van der Waals surface area contributed by atoms with Crippen molar-refractivity contribution in [2.45, 2.75) is 13.0 Å². The van der Waals surface area contributed by atoms with Crippen molar-refractivity contribution in [1.82, 2.24) is 10.3 Å². The number of anilines is 2. The van der Waals surface area contributed by atoms with E-state index < -0.39 is 0 Å². The number of hydrogen-bond donors (Lipinski definition) is 1. The van der Waals surface area contributed by atoms with Crippen LogP contribution < -0.4 is 15.0 Å². The number of nitrogens with zero attached hydrogens (tertiary/aromatic N) is 2. The van der Waals surface area contributed by atoms with Crippen molar-refractivity contribution in [3.8, 4) is 5.75 Å². The maximum Gasteiger partial charge on any atom is 0.270 e. The highest BCUT2D eigenvalue weighted by Crippen LogP contribution is 2.33. The van der Waals surface area contributed by atoms with Gasteiger partial charge in [0.05, 0.1) is 19.0 Å². The highest BCUT2D eigenvalue weighted by atomic mass is 16.5. The quantitative estimate of drug-likeness (QED) is 0.754. The summed E-state index contributed by atoms with van der Waals surface area (Å²) in [5.41, 5.74) is 5.00. The summed E-state index contributed by atoms with van der Waals surface area (Å²) < 4.78 is 5.14. The van der Waals surface area contributed by atoms with Crippen LogP contribution in [0.25, 0.3) is 0 Å². The summed E-state index contributed by atoms with van der Waals surface area (Å²) in [4.78, 5) is 19.0. The maximum atomic E-state index is 12.4. The molecule has 1 aliphatic heterocycles. The Labute approximate surface area is 158 Å². The number of amides is 1. The first kappa shape index (κ1) is 17.1. The fraction of sp³-hybridized carbons (Fsp3) is 0.182. The molecule has 1 aromatic heterocycles. The molecule has 2 heterocycles. The largest absolute Gasteiger partial charge is 0.497 e. The summed E-state index contributed by atoms with van der Waals surface area (Å²) in [6.45, 7) is 1.38. The number of benzene rings is 2. The Bertz CT molecular complexity index is 937. The molecule has 0 unspecified atom stereocenters. The van der Waals surface area contributed by atoms with Gasteiger partial charge in [0, 0.05) is 18.8 Å². The SMILES string of the molecule is COc1ccc(CNC(=O)c2ccc(N3CCc4ccccc43)cn2)cc1. The lowest BCUT2D eigenvalue weighted by atomic mass is 10.2. The van der Waals surface area contributed by atoms with Crippen LogP contribution in [0.5, 0.6) is 5.75 Å². The van der Waals surface area contributed by atoms with Crippen molar-refractivity contribution in [1.29, 1.82) is 0 Å². The molecule has 3 aromatic rings. The smallest absolute Gasteiger partial charge is 0.270 e. The number of carbonyl (C=O) groups excluding carboxylic acids is 1. The van der Waals surface area contributed by atoms with Gasteiger partial charge in [0.25, 0.3) is 5.91 Å². The van der Waals surface area contributed by atoms with Crippen LogP contribution >= 0.6 is 0 Å². The Kier molecular flexibility index (Phi) is 4.75. The predicted molar refractivity (Wildman–Crippen MR) is 106 cm³/mol. The zero-order valence-electron chi connectivity index (χ0n) is 15.2. The fourth-order valence-corrected chi connectivity index (χ4v) is 3.30. The van der Waals surface area contributed by atoms with Crippen molar-refractivity contribution in [2.24, 2.45) is 0 Å². The lowest BCUT2D eigenvalue weighted by Crippen LogP contribution is -2.24. The molecule has 0 saturated heterocycles. The van der Waals surface area contributed by atoms with Crippen LogP contribution in [-0.2, 0) is 13.0 Å². The number of pyridine rings is 1. The van der Waals surface area contributed by atoms with Crippen LogP contribution in [0, 0.1) is 0 Å². The molecule has 0 aliphatic carbocycles. The zero-order valence-corrected chi connectivity index (χ0v) is 15.2. The Morgan fingerprint density at radius 3 is 2.67 bits per heavy atom. The molecule has 0 saturated carbocycles. The number of nitrogens with one attached hydrogen (secondary N) is 1. The average Bonchev–Trinajstić information content (AvgIpc) is 3.16. The lowest BCUT2D eigenvalue weighted by molar-refractivity contribution is 0.0946. The predicted octanol–water partition coefficient (Wildman–Crippen LogP) is 3.71. The van der Waals surface area contributed by atoms with Crippen LogP contribution in [0.1, 0.15) is 21.6 Å². The van der Waals surface area contributed by atoms with Crippen LogP contribution in [-0.4, -0.2) is 24.5 Å². The van der Waals surface area contributed by atoms with Gasteiger partial charge in [-0.15, -0.1) is 0 Å². The number of aromatic nitrogens is 1. The number of carbonyl (C=O) groups is 1. The Balaban J connectivity index is 1.40. The summed E-state index contributed by atoms with van der Waals surface area (Å²) in [6.07, 6.45) is 2.80. The molecule has 5 nitrogen and oxygen atoms in total. The average molecular weight is 359 g/mol. The summed E-state index contributed by atoms with van der Waals surface area (Å²) in [5, 5.41) is 2.90. The zero-order chi connectivity index (χ0) is 18.6. The molecule has 27 heavy (non-hydrogen) atoms. The molecule has 0 bridgehead atoms. The van der Waals surface area contributed by atoms with E-state index in [1.54, 1.807) is 19.4 Å². The second kappa shape index (κ2) is 7.50. The van der Waals surface area contributed by atoms with Gasteiger partial charge in [0.15, 0.2) is 0 Å². The van der Waals surface area contributed by atoms with Gasteiger partial charge >= 0.3 is 0 Å². The Morgan fingerprint density at radius 1 is 1.11 bits per heavy atom. The van der Waals surface area contributed by atoms with E-state index in [4.69, 9.17) is 4.74 Å². The van der Waals surface area contributed by atoms with E-state index in [0.29, 0.717) is 12.2 Å². The van der Waals surface area contributed by atoms with E-state index in [0.717, 1.165) is 30.0 Å². The lowest BCUT2D eigenvalue weighted by Gasteiger charge is -2.19. The van der Waals surface area contributed by atoms with E-state index in [2.05, 4.69) is 33.4 Å². The van der Waals surface area contributed by atoms with E-state index in [-0.39, 0.29) is 5.91 Å². The van der Waals surface area contributed by atoms with Gasteiger partial charge in [0.2, 0.25) is 0 Å². The van der Waals surface area contributed by atoms with Crippen LogP contribution in [0.3, 0.4) is 0 Å². The van der Waals surface area contributed by atoms with Crippen LogP contribution in [0.2, 0.25) is 0 Å². The van der Waals surface area contributed by atoms with Gasteiger partial charge in [-0.1, -0.05) is 30.3 Å². The minimum atomic E-state index is -0.181. The van der Waals surface area contributed by atoms with Crippen molar-refractivity contribution >= 4 is 17.3 Å². The van der Waals surface area contributed by atoms with Gasteiger partial charge in [-0.2, -0.15) is 0 Å². The molecule has 1 N–H and O–H groups in total. The first-order valence-corrected chi connectivity index (χ1v) is 8.97. The number of ether oxygens (including phenoxy) is 1. The highest BCUT2D eigenvalue weighted by molar-refractivity contribution is 5.92. The highest BCUT2D eigenvalue weighted by Gasteiger charge is 2.20. The first-order valence-electron chi connectivity index (χ1n) is 8.97. The standard InChI is InChI=1S/C22H21N3O2/c1-27-19-9-6-16(7-10-19)14-24-22(26)20-11-8-18(15-23-20)25-13-12-17-4-2-3-5-21(17)25/h2-11,15H,12-14H2,1H3,(H,24,26). The molecule has 0 atom stereocenters. The minimum absolute atomic E-state index is 0.181. The van der Waals surface area contributed by atoms with Crippen molar-refractivity contribution in [3.63, 3.8) is 0 Å². The molecule has 1 aliphatic rings.